The van der Waals surface area contributed by atoms with E-state index in [0.29, 0.717) is 24.4 Å². The third kappa shape index (κ3) is 5.09. The van der Waals surface area contributed by atoms with Crippen molar-refractivity contribution >= 4 is 23.0 Å². The fourth-order valence-corrected chi connectivity index (χ4v) is 2.62. The van der Waals surface area contributed by atoms with Gasteiger partial charge in [0.25, 0.3) is 5.91 Å². The predicted molar refractivity (Wildman–Crippen MR) is 103 cm³/mol. The van der Waals surface area contributed by atoms with Crippen molar-refractivity contribution < 1.29 is 23.5 Å². The molecule has 0 unspecified atom stereocenters. The van der Waals surface area contributed by atoms with Crippen molar-refractivity contribution in [2.75, 3.05) is 7.11 Å². The van der Waals surface area contributed by atoms with E-state index in [9.17, 15) is 9.59 Å². The van der Waals surface area contributed by atoms with Crippen LogP contribution < -0.4 is 10.1 Å². The van der Waals surface area contributed by atoms with E-state index in [1.54, 1.807) is 14.0 Å². The second-order valence-electron chi connectivity index (χ2n) is 6.27. The summed E-state index contributed by atoms with van der Waals surface area (Å²) in [6.45, 7) is 1.88. The number of para-hydroxylation sites is 2. The third-order valence-corrected chi connectivity index (χ3v) is 4.18. The quantitative estimate of drug-likeness (QED) is 0.602. The lowest BCUT2D eigenvalue weighted by molar-refractivity contribution is -0.154. The van der Waals surface area contributed by atoms with Crippen molar-refractivity contribution in [2.45, 2.75) is 32.4 Å². The third-order valence-electron chi connectivity index (χ3n) is 4.18. The Morgan fingerprint density at radius 2 is 1.89 bits per heavy atom. The van der Waals surface area contributed by atoms with Crippen LogP contribution in [-0.2, 0) is 27.3 Å². The zero-order chi connectivity index (χ0) is 19.9. The molecule has 28 heavy (non-hydrogen) atoms. The molecular weight excluding hydrogens is 360 g/mol. The van der Waals surface area contributed by atoms with E-state index in [1.165, 1.54) is 0 Å². The molecule has 146 valence electrons. The Balaban J connectivity index is 1.42. The molecule has 3 aromatic rings. The fraction of sp³-hybridized carbons (Fsp3) is 0.286. The van der Waals surface area contributed by atoms with Gasteiger partial charge in [0, 0.05) is 13.0 Å². The highest BCUT2D eigenvalue weighted by Gasteiger charge is 2.18. The summed E-state index contributed by atoms with van der Waals surface area (Å²) in [7, 11) is 1.59. The van der Waals surface area contributed by atoms with Crippen LogP contribution in [0, 0.1) is 0 Å². The number of esters is 1. The van der Waals surface area contributed by atoms with Crippen LogP contribution in [0.15, 0.2) is 52.9 Å². The van der Waals surface area contributed by atoms with Gasteiger partial charge in [0.05, 0.1) is 13.5 Å². The van der Waals surface area contributed by atoms with Crippen LogP contribution in [0.2, 0.25) is 0 Å². The van der Waals surface area contributed by atoms with Gasteiger partial charge < -0.3 is 19.2 Å². The van der Waals surface area contributed by atoms with Crippen LogP contribution in [0.5, 0.6) is 5.75 Å². The number of oxazole rings is 1. The van der Waals surface area contributed by atoms with Crippen molar-refractivity contribution in [1.82, 2.24) is 10.3 Å². The van der Waals surface area contributed by atoms with Crippen molar-refractivity contribution in [3.63, 3.8) is 0 Å². The number of nitrogens with zero attached hydrogens (tertiary/aromatic N) is 1. The molecule has 2 aromatic carbocycles. The van der Waals surface area contributed by atoms with E-state index in [0.717, 1.165) is 16.8 Å². The Labute approximate surface area is 162 Å². The normalized spacial score (nSPS) is 11.8. The highest BCUT2D eigenvalue weighted by atomic mass is 16.5. The molecular formula is C21H22N2O5. The topological polar surface area (TPSA) is 90.7 Å². The Kier molecular flexibility index (Phi) is 6.26. The van der Waals surface area contributed by atoms with Crippen LogP contribution in [0.25, 0.3) is 11.1 Å². The number of ether oxygens (including phenoxy) is 2. The molecule has 0 radical (unpaired) electrons. The van der Waals surface area contributed by atoms with Gasteiger partial charge >= 0.3 is 5.97 Å². The summed E-state index contributed by atoms with van der Waals surface area (Å²) < 4.78 is 15.9. The van der Waals surface area contributed by atoms with Gasteiger partial charge in [-0.1, -0.05) is 24.3 Å². The maximum absolute atomic E-state index is 12.1. The van der Waals surface area contributed by atoms with Crippen LogP contribution in [0.4, 0.5) is 0 Å². The Morgan fingerprint density at radius 1 is 1.14 bits per heavy atom. The van der Waals surface area contributed by atoms with Gasteiger partial charge in [-0.05, 0) is 36.8 Å². The van der Waals surface area contributed by atoms with Gasteiger partial charge in [-0.2, -0.15) is 0 Å². The van der Waals surface area contributed by atoms with Crippen LogP contribution >= 0.6 is 0 Å². The second kappa shape index (κ2) is 9.03. The number of hydrogen-bond acceptors (Lipinski definition) is 6. The number of benzene rings is 2. The summed E-state index contributed by atoms with van der Waals surface area (Å²) >= 11 is 0. The molecule has 1 N–H and O–H groups in total. The minimum Gasteiger partial charge on any atom is -0.497 e. The summed E-state index contributed by atoms with van der Waals surface area (Å²) in [5, 5.41) is 2.75. The first-order valence-electron chi connectivity index (χ1n) is 8.99. The SMILES string of the molecule is COc1ccc(CNC(=O)[C@@H](C)OC(=O)CCc2nc3ccccc3o2)cc1. The van der Waals surface area contributed by atoms with Gasteiger partial charge in [-0.15, -0.1) is 0 Å². The first-order chi connectivity index (χ1) is 13.5. The Morgan fingerprint density at radius 3 is 2.61 bits per heavy atom. The summed E-state index contributed by atoms with van der Waals surface area (Å²) in [6.07, 6.45) is -0.481. The predicted octanol–water partition coefficient (Wildman–Crippen LogP) is 3.02. The molecule has 0 saturated carbocycles. The zero-order valence-electron chi connectivity index (χ0n) is 15.8. The lowest BCUT2D eigenvalue weighted by Crippen LogP contribution is -2.35. The number of rotatable bonds is 8. The Hall–Kier alpha value is -3.35. The number of hydrogen-bond donors (Lipinski definition) is 1. The molecule has 7 heteroatoms. The van der Waals surface area contributed by atoms with Crippen LogP contribution in [0.3, 0.4) is 0 Å². The first kappa shape index (κ1) is 19.4. The smallest absolute Gasteiger partial charge is 0.307 e. The van der Waals surface area contributed by atoms with Gasteiger partial charge in [0.15, 0.2) is 17.6 Å². The first-order valence-corrected chi connectivity index (χ1v) is 8.99. The molecule has 0 saturated heterocycles. The van der Waals surface area contributed by atoms with Crippen molar-refractivity contribution in [2.24, 2.45) is 0 Å². The van der Waals surface area contributed by atoms with Crippen molar-refractivity contribution in [1.29, 1.82) is 0 Å². The molecule has 3 rings (SSSR count). The molecule has 7 nitrogen and oxygen atoms in total. The molecule has 0 aliphatic carbocycles. The fourth-order valence-electron chi connectivity index (χ4n) is 2.62. The minimum absolute atomic E-state index is 0.0862. The molecule has 0 aliphatic heterocycles. The number of aromatic nitrogens is 1. The molecule has 1 atom stereocenters. The largest absolute Gasteiger partial charge is 0.497 e. The molecule has 0 spiro atoms. The number of amides is 1. The van der Waals surface area contributed by atoms with Gasteiger partial charge in [0.1, 0.15) is 11.3 Å². The summed E-state index contributed by atoms with van der Waals surface area (Å²) in [5.74, 6) is 0.381. The van der Waals surface area contributed by atoms with E-state index in [2.05, 4.69) is 10.3 Å². The van der Waals surface area contributed by atoms with Gasteiger partial charge in [-0.3, -0.25) is 9.59 Å². The van der Waals surface area contributed by atoms with Gasteiger partial charge in [0.2, 0.25) is 0 Å². The average Bonchev–Trinajstić information content (AvgIpc) is 3.14. The maximum Gasteiger partial charge on any atom is 0.307 e. The summed E-state index contributed by atoms with van der Waals surface area (Å²) in [4.78, 5) is 28.4. The maximum atomic E-state index is 12.1. The Bertz CT molecular complexity index is 916. The molecule has 0 bridgehead atoms. The number of carbonyl (C=O) groups is 2. The molecule has 1 amide bonds. The number of fused-ring (bicyclic) bond motifs is 1. The number of nitrogens with one attached hydrogen (secondary N) is 1. The monoisotopic (exact) mass is 382 g/mol. The number of methoxy groups -OCH3 is 1. The van der Waals surface area contributed by atoms with E-state index in [-0.39, 0.29) is 12.3 Å². The lowest BCUT2D eigenvalue weighted by Gasteiger charge is -2.13. The van der Waals surface area contributed by atoms with E-state index in [4.69, 9.17) is 13.9 Å². The summed E-state index contributed by atoms with van der Waals surface area (Å²) in [6, 6.07) is 14.7. The van der Waals surface area contributed by atoms with E-state index < -0.39 is 12.1 Å². The van der Waals surface area contributed by atoms with Crippen LogP contribution in [-0.4, -0.2) is 30.1 Å². The highest BCUT2D eigenvalue weighted by Crippen LogP contribution is 2.16. The molecule has 1 aromatic heterocycles. The number of carbonyl (C=O) groups excluding carboxylic acids is 2. The average molecular weight is 382 g/mol. The molecule has 1 heterocycles. The standard InChI is InChI=1S/C21H22N2O5/c1-14(21(25)22-13-15-7-9-16(26-2)10-8-15)27-20(24)12-11-19-23-17-5-3-4-6-18(17)28-19/h3-10,14H,11-13H2,1-2H3,(H,22,25)/t14-/m1/s1. The van der Waals surface area contributed by atoms with Gasteiger partial charge in [-0.25, -0.2) is 4.98 Å². The number of aryl methyl sites for hydroxylation is 1. The highest BCUT2D eigenvalue weighted by molar-refractivity contribution is 5.83. The minimum atomic E-state index is -0.880. The van der Waals surface area contributed by atoms with Crippen molar-refractivity contribution in [3.05, 3.63) is 60.0 Å². The van der Waals surface area contributed by atoms with E-state index in [1.807, 2.05) is 48.5 Å². The van der Waals surface area contributed by atoms with E-state index >= 15 is 0 Å². The summed E-state index contributed by atoms with van der Waals surface area (Å²) in [5.41, 5.74) is 2.35. The molecule has 0 fully saturated rings. The second-order valence-corrected chi connectivity index (χ2v) is 6.27. The van der Waals surface area contributed by atoms with Crippen LogP contribution in [0.1, 0.15) is 24.8 Å². The molecule has 0 aliphatic rings. The zero-order valence-corrected chi connectivity index (χ0v) is 15.8. The van der Waals surface area contributed by atoms with Crippen molar-refractivity contribution in [3.8, 4) is 5.75 Å². The lowest BCUT2D eigenvalue weighted by atomic mass is 10.2.